The lowest BCUT2D eigenvalue weighted by molar-refractivity contribution is 0.132. The van der Waals surface area contributed by atoms with Crippen molar-refractivity contribution in [1.29, 1.82) is 0 Å². The lowest BCUT2D eigenvalue weighted by atomic mass is 10.0. The molecule has 1 N–H and O–H groups in total. The number of hydrogen-bond donors (Lipinski definition) is 1. The van der Waals surface area contributed by atoms with Crippen LogP contribution < -0.4 is 14.8 Å². The first kappa shape index (κ1) is 21.1. The Kier molecular flexibility index (Phi) is 6.89. The molecule has 2 aromatic rings. The Morgan fingerprint density at radius 3 is 2.57 bits per heavy atom. The Balaban J connectivity index is 1.67. The first-order valence-electron chi connectivity index (χ1n) is 11.2. The normalized spacial score (nSPS) is 18.1. The summed E-state index contributed by atoms with van der Waals surface area (Å²) in [6.07, 6.45) is 7.99. The summed E-state index contributed by atoms with van der Waals surface area (Å²) in [5.41, 5.74) is 5.51. The van der Waals surface area contributed by atoms with E-state index in [2.05, 4.69) is 10.2 Å². The molecular formula is C23H34N4O3. The Morgan fingerprint density at radius 1 is 1.03 bits per heavy atom. The van der Waals surface area contributed by atoms with Crippen LogP contribution in [0.3, 0.4) is 0 Å². The zero-order chi connectivity index (χ0) is 20.9. The minimum Gasteiger partial charge on any atom is -0.491 e. The van der Waals surface area contributed by atoms with Gasteiger partial charge in [0.25, 0.3) is 5.88 Å². The molecule has 4 rings (SSSR count). The molecule has 1 aliphatic carbocycles. The summed E-state index contributed by atoms with van der Waals surface area (Å²) in [7, 11) is 5.05. The maximum Gasteiger partial charge on any atom is 0.257 e. The zero-order valence-electron chi connectivity index (χ0n) is 18.5. The van der Waals surface area contributed by atoms with Gasteiger partial charge in [-0.1, -0.05) is 6.42 Å². The van der Waals surface area contributed by atoms with Crippen molar-refractivity contribution in [2.75, 3.05) is 52.9 Å². The number of nitrogens with one attached hydrogen (secondary N) is 1. The minimum atomic E-state index is 0.441. The van der Waals surface area contributed by atoms with Gasteiger partial charge in [0.15, 0.2) is 5.75 Å². The minimum absolute atomic E-state index is 0.441. The highest BCUT2D eigenvalue weighted by Gasteiger charge is 2.24. The molecule has 1 saturated heterocycles. The van der Waals surface area contributed by atoms with E-state index in [1.54, 1.807) is 21.3 Å². The van der Waals surface area contributed by atoms with E-state index in [0.29, 0.717) is 17.7 Å². The highest BCUT2D eigenvalue weighted by molar-refractivity contribution is 5.91. The molecule has 0 radical (unpaired) electrons. The summed E-state index contributed by atoms with van der Waals surface area (Å²) in [6, 6.07) is 2.40. The van der Waals surface area contributed by atoms with Gasteiger partial charge < -0.3 is 24.4 Å². The van der Waals surface area contributed by atoms with Crippen molar-refractivity contribution < 1.29 is 14.2 Å². The number of likely N-dealkylation sites (tertiary alicyclic amines) is 1. The van der Waals surface area contributed by atoms with Crippen LogP contribution in [-0.4, -0.2) is 68.5 Å². The first-order chi connectivity index (χ1) is 14.7. The molecule has 30 heavy (non-hydrogen) atoms. The predicted molar refractivity (Wildman–Crippen MR) is 119 cm³/mol. The van der Waals surface area contributed by atoms with Crippen LogP contribution in [0.4, 0.5) is 5.69 Å². The van der Waals surface area contributed by atoms with Crippen LogP contribution in [0.5, 0.6) is 11.6 Å². The number of nitrogens with zero attached hydrogens (tertiary/aromatic N) is 3. The van der Waals surface area contributed by atoms with Crippen LogP contribution in [0.15, 0.2) is 6.07 Å². The summed E-state index contributed by atoms with van der Waals surface area (Å²) in [6.45, 7) is 4.00. The summed E-state index contributed by atoms with van der Waals surface area (Å²) in [5.74, 6) is 1.14. The molecule has 2 aliphatic rings. The molecular weight excluding hydrogens is 380 g/mol. The molecule has 2 aromatic heterocycles. The van der Waals surface area contributed by atoms with E-state index in [1.165, 1.54) is 30.5 Å². The Morgan fingerprint density at radius 2 is 1.83 bits per heavy atom. The van der Waals surface area contributed by atoms with Crippen LogP contribution in [0.25, 0.3) is 11.0 Å². The van der Waals surface area contributed by atoms with Crippen LogP contribution >= 0.6 is 0 Å². The van der Waals surface area contributed by atoms with E-state index in [1.807, 2.05) is 6.07 Å². The van der Waals surface area contributed by atoms with Crippen LogP contribution in [0.2, 0.25) is 0 Å². The Bertz CT molecular complexity index is 865. The van der Waals surface area contributed by atoms with E-state index < -0.39 is 0 Å². The summed E-state index contributed by atoms with van der Waals surface area (Å²) in [4.78, 5) is 12.3. The summed E-state index contributed by atoms with van der Waals surface area (Å²) >= 11 is 0. The van der Waals surface area contributed by atoms with Crippen LogP contribution in [0, 0.1) is 0 Å². The molecule has 3 heterocycles. The fraction of sp³-hybridized carbons (Fsp3) is 0.652. The van der Waals surface area contributed by atoms with Crippen molar-refractivity contribution in [3.8, 4) is 11.6 Å². The maximum atomic E-state index is 5.50. The van der Waals surface area contributed by atoms with Crippen molar-refractivity contribution in [3.05, 3.63) is 17.3 Å². The van der Waals surface area contributed by atoms with Gasteiger partial charge in [-0.3, -0.25) is 4.98 Å². The second-order valence-electron chi connectivity index (χ2n) is 8.29. The summed E-state index contributed by atoms with van der Waals surface area (Å²) in [5, 5.41) is 3.89. The third-order valence-corrected chi connectivity index (χ3v) is 6.38. The third-order valence-electron chi connectivity index (χ3n) is 6.38. The Hall–Kier alpha value is -2.12. The molecule has 7 nitrogen and oxygen atoms in total. The number of rotatable bonds is 7. The van der Waals surface area contributed by atoms with Gasteiger partial charge in [0, 0.05) is 44.5 Å². The fourth-order valence-corrected chi connectivity index (χ4v) is 4.66. The van der Waals surface area contributed by atoms with E-state index in [0.717, 1.165) is 68.6 Å². The number of fused-ring (bicyclic) bond motifs is 2. The standard InChI is InChI=1S/C23H34N4O3/c1-28-14-13-27-11-9-16(10-12-27)24-21-17-7-5-4-6-8-18(17)25-19-15-20(29-2)23(30-3)26-22(19)21/h15-16H,4-14H2,1-3H3,(H,24,25). The van der Waals surface area contributed by atoms with E-state index >= 15 is 0 Å². The average Bonchev–Trinajstić information content (AvgIpc) is 3.03. The molecule has 0 bridgehead atoms. The van der Waals surface area contributed by atoms with Crippen molar-refractivity contribution in [2.24, 2.45) is 0 Å². The van der Waals surface area contributed by atoms with E-state index in [9.17, 15) is 0 Å². The van der Waals surface area contributed by atoms with Gasteiger partial charge in [0.05, 0.1) is 32.0 Å². The largest absolute Gasteiger partial charge is 0.491 e. The molecule has 0 atom stereocenters. The Labute approximate surface area is 179 Å². The molecule has 0 saturated carbocycles. The van der Waals surface area contributed by atoms with Crippen molar-refractivity contribution >= 4 is 16.7 Å². The van der Waals surface area contributed by atoms with Crippen molar-refractivity contribution in [2.45, 2.75) is 51.0 Å². The third kappa shape index (κ3) is 4.47. The smallest absolute Gasteiger partial charge is 0.257 e. The molecule has 0 amide bonds. The van der Waals surface area contributed by atoms with Gasteiger partial charge >= 0.3 is 0 Å². The van der Waals surface area contributed by atoms with Gasteiger partial charge in [-0.2, -0.15) is 0 Å². The SMILES string of the molecule is COCCN1CCC(Nc2c3c(nc4cc(OC)c(OC)nc24)CCCCC3)CC1. The molecule has 164 valence electrons. The van der Waals surface area contributed by atoms with E-state index in [4.69, 9.17) is 24.2 Å². The second kappa shape index (κ2) is 9.79. The number of piperidine rings is 1. The van der Waals surface area contributed by atoms with Crippen molar-refractivity contribution in [1.82, 2.24) is 14.9 Å². The molecule has 1 aliphatic heterocycles. The van der Waals surface area contributed by atoms with E-state index in [-0.39, 0.29) is 0 Å². The lowest BCUT2D eigenvalue weighted by Crippen LogP contribution is -2.40. The zero-order valence-corrected chi connectivity index (χ0v) is 18.5. The van der Waals surface area contributed by atoms with Gasteiger partial charge in [-0.25, -0.2) is 4.98 Å². The number of hydrogen-bond acceptors (Lipinski definition) is 7. The van der Waals surface area contributed by atoms with Gasteiger partial charge in [0.2, 0.25) is 0 Å². The number of aromatic nitrogens is 2. The second-order valence-corrected chi connectivity index (χ2v) is 8.29. The fourth-order valence-electron chi connectivity index (χ4n) is 4.66. The highest BCUT2D eigenvalue weighted by atomic mass is 16.5. The first-order valence-corrected chi connectivity index (χ1v) is 11.2. The number of aryl methyl sites for hydroxylation is 1. The van der Waals surface area contributed by atoms with Crippen LogP contribution in [-0.2, 0) is 17.6 Å². The molecule has 0 unspecified atom stereocenters. The quantitative estimate of drug-likeness (QED) is 0.696. The lowest BCUT2D eigenvalue weighted by Gasteiger charge is -2.33. The predicted octanol–water partition coefficient (Wildman–Crippen LogP) is 3.44. The number of pyridine rings is 2. The number of anilines is 1. The molecule has 7 heteroatoms. The number of methoxy groups -OCH3 is 3. The molecule has 0 spiro atoms. The summed E-state index contributed by atoms with van der Waals surface area (Å²) < 4.78 is 16.2. The number of ether oxygens (including phenoxy) is 3. The van der Waals surface area contributed by atoms with Gasteiger partial charge in [-0.15, -0.1) is 0 Å². The molecule has 0 aromatic carbocycles. The van der Waals surface area contributed by atoms with Gasteiger partial charge in [-0.05, 0) is 44.1 Å². The van der Waals surface area contributed by atoms with Gasteiger partial charge in [0.1, 0.15) is 5.52 Å². The monoisotopic (exact) mass is 414 g/mol. The topological polar surface area (TPSA) is 68.7 Å². The molecule has 1 fully saturated rings. The van der Waals surface area contributed by atoms with Crippen LogP contribution in [0.1, 0.15) is 43.4 Å². The highest BCUT2D eigenvalue weighted by Crippen LogP contribution is 2.37. The maximum absolute atomic E-state index is 5.50. The average molecular weight is 415 g/mol. The van der Waals surface area contributed by atoms with Crippen molar-refractivity contribution in [3.63, 3.8) is 0 Å².